The third-order valence-electron chi connectivity index (χ3n) is 7.38. The van der Waals surface area contributed by atoms with Crippen LogP contribution in [0, 0.1) is 24.5 Å². The quantitative estimate of drug-likeness (QED) is 0.498. The molecule has 0 aliphatic carbocycles. The molecule has 2 unspecified atom stereocenters. The Morgan fingerprint density at radius 3 is 2.57 bits per heavy atom. The summed E-state index contributed by atoms with van der Waals surface area (Å²) in [5.74, 6) is 1.73. The lowest BCUT2D eigenvalue weighted by Crippen LogP contribution is -2.35. The number of piperidine rings is 1. The third-order valence-corrected chi connectivity index (χ3v) is 7.38. The second kappa shape index (κ2) is 10.6. The maximum atomic E-state index is 14.3. The normalized spacial score (nSPS) is 20.7. The molecule has 2 aromatic heterocycles. The molecule has 10 heteroatoms. The topological polar surface area (TPSA) is 93.5 Å². The fraction of sp³-hybridized carbons (Fsp3) is 0.519. The molecule has 2 N–H and O–H groups in total. The molecular weight excluding hydrogens is 478 g/mol. The van der Waals surface area contributed by atoms with Crippen LogP contribution in [0.15, 0.2) is 34.9 Å². The van der Waals surface area contributed by atoms with Crippen LogP contribution in [0.3, 0.4) is 0 Å². The van der Waals surface area contributed by atoms with E-state index >= 15 is 0 Å². The van der Waals surface area contributed by atoms with Crippen molar-refractivity contribution in [1.29, 1.82) is 0 Å². The minimum absolute atomic E-state index is 0.242. The van der Waals surface area contributed by atoms with Crippen LogP contribution in [0.2, 0.25) is 0 Å². The largest absolute Gasteiger partial charge is 0.491 e. The lowest BCUT2D eigenvalue weighted by Gasteiger charge is -2.30. The van der Waals surface area contributed by atoms with E-state index in [2.05, 4.69) is 15.0 Å². The first-order valence-electron chi connectivity index (χ1n) is 12.9. The molecule has 0 amide bonds. The maximum Gasteiger partial charge on any atom is 0.324 e. The number of nitrogens with two attached hydrogens (primary N) is 1. The molecule has 2 aliphatic rings. The summed E-state index contributed by atoms with van der Waals surface area (Å²) in [6, 6.07) is 7.65. The molecular formula is C27H34F2N6O2. The zero-order valence-corrected chi connectivity index (χ0v) is 21.5. The van der Waals surface area contributed by atoms with Crippen molar-refractivity contribution in [2.24, 2.45) is 11.7 Å². The molecule has 37 heavy (non-hydrogen) atoms. The Labute approximate surface area is 215 Å². The van der Waals surface area contributed by atoms with E-state index in [1.807, 2.05) is 37.8 Å². The summed E-state index contributed by atoms with van der Waals surface area (Å²) in [4.78, 5) is 13.4. The molecule has 0 spiro atoms. The molecule has 1 aromatic carbocycles. The van der Waals surface area contributed by atoms with Gasteiger partial charge in [-0.2, -0.15) is 4.98 Å². The summed E-state index contributed by atoms with van der Waals surface area (Å²) < 4.78 is 39.6. The molecule has 4 heterocycles. The lowest BCUT2D eigenvalue weighted by atomic mass is 9.94. The molecule has 0 saturated carbocycles. The van der Waals surface area contributed by atoms with E-state index in [4.69, 9.17) is 20.0 Å². The van der Waals surface area contributed by atoms with Crippen LogP contribution in [0.4, 0.5) is 20.6 Å². The molecule has 8 nitrogen and oxygen atoms in total. The van der Waals surface area contributed by atoms with Gasteiger partial charge >= 0.3 is 6.01 Å². The van der Waals surface area contributed by atoms with Gasteiger partial charge in [0, 0.05) is 44.1 Å². The smallest absolute Gasteiger partial charge is 0.324 e. The van der Waals surface area contributed by atoms with Gasteiger partial charge in [0.2, 0.25) is 0 Å². The van der Waals surface area contributed by atoms with Crippen LogP contribution in [0.1, 0.15) is 55.6 Å². The Kier molecular flexibility index (Phi) is 7.28. The first kappa shape index (κ1) is 25.4. The molecule has 0 radical (unpaired) electrons. The van der Waals surface area contributed by atoms with Crippen molar-refractivity contribution in [2.75, 3.05) is 42.6 Å². The number of hydrogen-bond donors (Lipinski definition) is 1. The van der Waals surface area contributed by atoms with E-state index in [1.54, 1.807) is 0 Å². The van der Waals surface area contributed by atoms with E-state index < -0.39 is 11.6 Å². The number of anilines is 2. The number of benzene rings is 1. The fourth-order valence-corrected chi connectivity index (χ4v) is 5.10. The van der Waals surface area contributed by atoms with Gasteiger partial charge in [-0.25, -0.2) is 13.8 Å². The molecule has 3 aromatic rings. The van der Waals surface area contributed by atoms with Gasteiger partial charge in [-0.1, -0.05) is 19.0 Å². The van der Waals surface area contributed by atoms with Gasteiger partial charge in [-0.05, 0) is 61.6 Å². The molecule has 2 fully saturated rings. The first-order valence-corrected chi connectivity index (χ1v) is 12.9. The van der Waals surface area contributed by atoms with E-state index in [1.165, 1.54) is 6.07 Å². The summed E-state index contributed by atoms with van der Waals surface area (Å²) in [5, 5.41) is 4.06. The first-order chi connectivity index (χ1) is 17.8. The van der Waals surface area contributed by atoms with Crippen molar-refractivity contribution in [3.63, 3.8) is 0 Å². The SMILES string of the molecule is Cc1nc(N2CC(N)C(c3cc(F)ccc3F)C2)ccc1OCC1CCN(c2nc(C(C)C)no2)CC1. The Hall–Kier alpha value is -3.27. The van der Waals surface area contributed by atoms with Crippen LogP contribution < -0.4 is 20.3 Å². The van der Waals surface area contributed by atoms with E-state index in [0.717, 1.165) is 61.1 Å². The van der Waals surface area contributed by atoms with Gasteiger partial charge in [0.25, 0.3) is 0 Å². The number of ether oxygens (including phenoxy) is 1. The van der Waals surface area contributed by atoms with Gasteiger partial charge in [-0.3, -0.25) is 0 Å². The maximum absolute atomic E-state index is 14.3. The number of aromatic nitrogens is 3. The van der Waals surface area contributed by atoms with Crippen molar-refractivity contribution in [3.8, 4) is 5.75 Å². The van der Waals surface area contributed by atoms with Gasteiger partial charge in [0.05, 0.1) is 12.3 Å². The lowest BCUT2D eigenvalue weighted by molar-refractivity contribution is 0.218. The number of hydrogen-bond acceptors (Lipinski definition) is 8. The van der Waals surface area contributed by atoms with Crippen LogP contribution in [-0.2, 0) is 0 Å². The summed E-state index contributed by atoms with van der Waals surface area (Å²) in [5.41, 5.74) is 7.42. The highest BCUT2D eigenvalue weighted by Crippen LogP contribution is 2.33. The summed E-state index contributed by atoms with van der Waals surface area (Å²) in [6.07, 6.45) is 1.96. The highest BCUT2D eigenvalue weighted by Gasteiger charge is 2.34. The van der Waals surface area contributed by atoms with Crippen molar-refractivity contribution in [1.82, 2.24) is 15.1 Å². The Morgan fingerprint density at radius 2 is 1.86 bits per heavy atom. The van der Waals surface area contributed by atoms with Gasteiger partial charge < -0.3 is 24.8 Å². The molecule has 2 aliphatic heterocycles. The monoisotopic (exact) mass is 512 g/mol. The standard InChI is InChI=1S/C27H34F2N6O2/c1-16(2)26-32-27(37-33-26)34-10-8-18(9-11-34)15-36-24-6-7-25(31-17(24)3)35-13-21(23(30)14-35)20-12-19(28)4-5-22(20)29/h4-7,12,16,18,21,23H,8-11,13-15,30H2,1-3H3. The Bertz CT molecular complexity index is 1230. The van der Waals surface area contributed by atoms with E-state index in [0.29, 0.717) is 37.2 Å². The highest BCUT2D eigenvalue weighted by molar-refractivity contribution is 5.47. The second-order valence-corrected chi connectivity index (χ2v) is 10.4. The van der Waals surface area contributed by atoms with Gasteiger partial charge in [-0.15, -0.1) is 0 Å². The molecule has 2 atom stereocenters. The van der Waals surface area contributed by atoms with Crippen LogP contribution >= 0.6 is 0 Å². The van der Waals surface area contributed by atoms with Gasteiger partial charge in [0.1, 0.15) is 23.2 Å². The number of halogens is 2. The number of pyridine rings is 1. The molecule has 5 rings (SSSR count). The number of rotatable bonds is 7. The molecule has 0 bridgehead atoms. The van der Waals surface area contributed by atoms with Crippen molar-refractivity contribution < 1.29 is 18.0 Å². The Balaban J connectivity index is 1.15. The minimum atomic E-state index is -0.460. The third kappa shape index (κ3) is 5.53. The highest BCUT2D eigenvalue weighted by atomic mass is 19.1. The van der Waals surface area contributed by atoms with Gasteiger partial charge in [0.15, 0.2) is 5.82 Å². The average molecular weight is 513 g/mol. The van der Waals surface area contributed by atoms with E-state index in [9.17, 15) is 8.78 Å². The van der Waals surface area contributed by atoms with Crippen LogP contribution in [0.5, 0.6) is 5.75 Å². The zero-order chi connectivity index (χ0) is 26.1. The van der Waals surface area contributed by atoms with E-state index in [-0.39, 0.29) is 17.9 Å². The number of aryl methyl sites for hydroxylation is 1. The van der Waals surface area contributed by atoms with Crippen LogP contribution in [0.25, 0.3) is 0 Å². The molecule has 2 saturated heterocycles. The predicted molar refractivity (Wildman–Crippen MR) is 137 cm³/mol. The van der Waals surface area contributed by atoms with Crippen molar-refractivity contribution in [2.45, 2.75) is 51.5 Å². The summed E-state index contributed by atoms with van der Waals surface area (Å²) in [6.45, 7) is 9.34. The predicted octanol–water partition coefficient (Wildman–Crippen LogP) is 4.40. The fourth-order valence-electron chi connectivity index (χ4n) is 5.10. The summed E-state index contributed by atoms with van der Waals surface area (Å²) in [7, 11) is 0. The second-order valence-electron chi connectivity index (χ2n) is 10.4. The molecule has 198 valence electrons. The van der Waals surface area contributed by atoms with Crippen LogP contribution in [-0.4, -0.2) is 54.0 Å². The summed E-state index contributed by atoms with van der Waals surface area (Å²) >= 11 is 0. The van der Waals surface area contributed by atoms with Crippen molar-refractivity contribution in [3.05, 3.63) is 59.0 Å². The number of nitrogens with zero attached hydrogens (tertiary/aromatic N) is 5. The van der Waals surface area contributed by atoms with Crippen molar-refractivity contribution >= 4 is 11.8 Å². The Morgan fingerprint density at radius 1 is 1.08 bits per heavy atom. The average Bonchev–Trinajstić information content (AvgIpc) is 3.53. The zero-order valence-electron chi connectivity index (χ0n) is 21.5. The minimum Gasteiger partial charge on any atom is -0.491 e.